The second kappa shape index (κ2) is 5.14. The Morgan fingerprint density at radius 3 is 2.76 bits per heavy atom. The van der Waals surface area contributed by atoms with Crippen LogP contribution >= 0.6 is 15.9 Å². The molecule has 0 aliphatic heterocycles. The highest BCUT2D eigenvalue weighted by Gasteiger charge is 2.19. The maximum atomic E-state index is 11.4. The Kier molecular flexibility index (Phi) is 3.58. The number of halogens is 1. The summed E-state index contributed by atoms with van der Waals surface area (Å²) in [5, 5.41) is 0. The van der Waals surface area contributed by atoms with Crippen molar-refractivity contribution in [2.24, 2.45) is 0 Å². The molecule has 0 spiro atoms. The maximum absolute atomic E-state index is 11.4. The monoisotopic (exact) mass is 295 g/mol. The Bertz CT molecular complexity index is 522. The van der Waals surface area contributed by atoms with E-state index in [1.165, 1.54) is 0 Å². The summed E-state index contributed by atoms with van der Waals surface area (Å²) in [6.45, 7) is 2.02. The molecule has 0 saturated heterocycles. The largest absolute Gasteiger partial charge is 0.459 e. The molecule has 17 heavy (non-hydrogen) atoms. The minimum atomic E-state index is -0.560. The van der Waals surface area contributed by atoms with Crippen molar-refractivity contribution in [2.45, 2.75) is 6.92 Å². The second-order valence-electron chi connectivity index (χ2n) is 3.23. The van der Waals surface area contributed by atoms with Crippen LogP contribution in [-0.2, 0) is 4.74 Å². The van der Waals surface area contributed by atoms with Gasteiger partial charge in [-0.2, -0.15) is 4.98 Å². The van der Waals surface area contributed by atoms with Crippen LogP contribution in [0.15, 0.2) is 39.4 Å². The van der Waals surface area contributed by atoms with Gasteiger partial charge in [0.1, 0.15) is 0 Å². The Hall–Kier alpha value is -1.62. The van der Waals surface area contributed by atoms with Crippen molar-refractivity contribution in [2.75, 3.05) is 6.61 Å². The van der Waals surface area contributed by atoms with Gasteiger partial charge in [0.25, 0.3) is 0 Å². The Morgan fingerprint density at radius 2 is 2.12 bits per heavy atom. The van der Waals surface area contributed by atoms with Gasteiger partial charge in [0.2, 0.25) is 0 Å². The lowest BCUT2D eigenvalue weighted by molar-refractivity contribution is 0.0482. The third-order valence-electron chi connectivity index (χ3n) is 2.07. The molecule has 1 aromatic carbocycles. The zero-order valence-corrected chi connectivity index (χ0v) is 10.7. The van der Waals surface area contributed by atoms with E-state index in [1.54, 1.807) is 6.92 Å². The van der Waals surface area contributed by atoms with Crippen molar-refractivity contribution in [3.63, 3.8) is 0 Å². The van der Waals surface area contributed by atoms with Crippen LogP contribution in [0.2, 0.25) is 0 Å². The average Bonchev–Trinajstić information content (AvgIpc) is 2.73. The molecule has 0 aliphatic rings. The van der Waals surface area contributed by atoms with Gasteiger partial charge in [0.15, 0.2) is 10.4 Å². The van der Waals surface area contributed by atoms with Crippen LogP contribution in [0.1, 0.15) is 17.6 Å². The number of nitrogens with zero attached hydrogens (tertiary/aromatic N) is 1. The van der Waals surface area contributed by atoms with Crippen molar-refractivity contribution < 1.29 is 13.9 Å². The topological polar surface area (TPSA) is 52.3 Å². The minimum absolute atomic E-state index is 0.0439. The van der Waals surface area contributed by atoms with E-state index in [1.807, 2.05) is 30.3 Å². The maximum Gasteiger partial charge on any atom is 0.394 e. The lowest BCUT2D eigenvalue weighted by atomic mass is 10.2. The normalized spacial score (nSPS) is 10.2. The molecule has 0 N–H and O–H groups in total. The average molecular weight is 296 g/mol. The summed E-state index contributed by atoms with van der Waals surface area (Å²) in [5.41, 5.74) is 0.849. The molecule has 0 unspecified atom stereocenters. The third kappa shape index (κ3) is 2.55. The molecule has 1 heterocycles. The summed E-state index contributed by atoms with van der Waals surface area (Å²) in [5.74, 6) is -0.0818. The molecule has 2 rings (SSSR count). The van der Waals surface area contributed by atoms with Gasteiger partial charge >= 0.3 is 11.9 Å². The molecule has 2 aromatic rings. The number of hydrogen-bond acceptors (Lipinski definition) is 4. The minimum Gasteiger partial charge on any atom is -0.459 e. The van der Waals surface area contributed by atoms with Gasteiger partial charge in [0.05, 0.1) is 6.61 Å². The number of rotatable bonds is 3. The predicted octanol–water partition coefficient (Wildman–Crippen LogP) is 3.28. The van der Waals surface area contributed by atoms with Crippen LogP contribution in [0.5, 0.6) is 0 Å². The molecular formula is C12H10BrNO3. The van der Waals surface area contributed by atoms with E-state index in [0.717, 1.165) is 5.56 Å². The first kappa shape index (κ1) is 11.9. The molecule has 0 bridgehead atoms. The van der Waals surface area contributed by atoms with Crippen LogP contribution in [0, 0.1) is 0 Å². The van der Waals surface area contributed by atoms with Crippen molar-refractivity contribution in [1.82, 2.24) is 4.98 Å². The second-order valence-corrected chi connectivity index (χ2v) is 3.98. The zero-order valence-electron chi connectivity index (χ0n) is 9.14. The fourth-order valence-corrected chi connectivity index (χ4v) is 1.82. The molecular weight excluding hydrogens is 286 g/mol. The van der Waals surface area contributed by atoms with E-state index >= 15 is 0 Å². The van der Waals surface area contributed by atoms with Crippen molar-refractivity contribution >= 4 is 21.9 Å². The predicted molar refractivity (Wildman–Crippen MR) is 65.6 cm³/mol. The number of hydrogen-bond donors (Lipinski definition) is 0. The van der Waals surface area contributed by atoms with Crippen molar-refractivity contribution in [3.05, 3.63) is 40.8 Å². The molecule has 0 fully saturated rings. The molecule has 5 heteroatoms. The van der Waals surface area contributed by atoms with Crippen molar-refractivity contribution in [1.29, 1.82) is 0 Å². The highest BCUT2D eigenvalue weighted by Crippen LogP contribution is 2.28. The Labute approximate surface area is 107 Å². The summed E-state index contributed by atoms with van der Waals surface area (Å²) < 4.78 is 10.7. The number of aromatic nitrogens is 1. The SMILES string of the molecule is CCOC(=O)c1nc(Br)c(-c2ccccc2)o1. The van der Waals surface area contributed by atoms with Crippen LogP contribution in [0.25, 0.3) is 11.3 Å². The van der Waals surface area contributed by atoms with Gasteiger partial charge in [-0.05, 0) is 22.9 Å². The Morgan fingerprint density at radius 1 is 1.41 bits per heavy atom. The first-order valence-corrected chi connectivity index (χ1v) is 5.90. The van der Waals surface area contributed by atoms with E-state index in [4.69, 9.17) is 9.15 Å². The highest BCUT2D eigenvalue weighted by molar-refractivity contribution is 9.10. The smallest absolute Gasteiger partial charge is 0.394 e. The molecule has 4 nitrogen and oxygen atoms in total. The molecule has 1 aromatic heterocycles. The zero-order chi connectivity index (χ0) is 12.3. The number of oxazole rings is 1. The van der Waals surface area contributed by atoms with Gasteiger partial charge in [-0.3, -0.25) is 0 Å². The molecule has 0 amide bonds. The molecule has 0 atom stereocenters. The molecule has 0 aliphatic carbocycles. The molecule has 0 saturated carbocycles. The van der Waals surface area contributed by atoms with E-state index in [0.29, 0.717) is 17.0 Å². The number of esters is 1. The fraction of sp³-hybridized carbons (Fsp3) is 0.167. The van der Waals surface area contributed by atoms with Crippen LogP contribution in [0.3, 0.4) is 0 Å². The van der Waals surface area contributed by atoms with Gasteiger partial charge in [-0.25, -0.2) is 4.79 Å². The number of carbonyl (C=O) groups is 1. The summed E-state index contributed by atoms with van der Waals surface area (Å²) >= 11 is 3.26. The van der Waals surface area contributed by atoms with E-state index in [2.05, 4.69) is 20.9 Å². The first-order valence-electron chi connectivity index (χ1n) is 5.11. The lowest BCUT2D eigenvalue weighted by Crippen LogP contribution is -2.04. The molecule has 0 radical (unpaired) electrons. The van der Waals surface area contributed by atoms with Crippen LogP contribution < -0.4 is 0 Å². The van der Waals surface area contributed by atoms with Gasteiger partial charge in [0, 0.05) is 5.56 Å². The fourth-order valence-electron chi connectivity index (χ4n) is 1.35. The number of ether oxygens (including phenoxy) is 1. The summed E-state index contributed by atoms with van der Waals surface area (Å²) in [6, 6.07) is 9.42. The summed E-state index contributed by atoms with van der Waals surface area (Å²) in [4.78, 5) is 15.4. The van der Waals surface area contributed by atoms with Gasteiger partial charge < -0.3 is 9.15 Å². The summed E-state index contributed by atoms with van der Waals surface area (Å²) in [7, 11) is 0. The number of carbonyl (C=O) groups excluding carboxylic acids is 1. The number of benzene rings is 1. The van der Waals surface area contributed by atoms with Crippen molar-refractivity contribution in [3.8, 4) is 11.3 Å². The lowest BCUT2D eigenvalue weighted by Gasteiger charge is -1.96. The summed E-state index contributed by atoms with van der Waals surface area (Å²) in [6.07, 6.45) is 0. The van der Waals surface area contributed by atoms with Crippen LogP contribution in [-0.4, -0.2) is 17.6 Å². The van der Waals surface area contributed by atoms with E-state index in [9.17, 15) is 4.79 Å². The van der Waals surface area contributed by atoms with Crippen LogP contribution in [0.4, 0.5) is 0 Å². The van der Waals surface area contributed by atoms with E-state index < -0.39 is 5.97 Å². The third-order valence-corrected chi connectivity index (χ3v) is 2.61. The van der Waals surface area contributed by atoms with E-state index in [-0.39, 0.29) is 5.89 Å². The quantitative estimate of drug-likeness (QED) is 0.816. The Balaban J connectivity index is 2.35. The standard InChI is InChI=1S/C12H10BrNO3/c1-2-16-12(15)11-14-10(13)9(17-11)8-6-4-3-5-7-8/h3-7H,2H2,1H3. The van der Waals surface area contributed by atoms with Gasteiger partial charge in [-0.1, -0.05) is 30.3 Å². The first-order chi connectivity index (χ1) is 8.22. The van der Waals surface area contributed by atoms with Gasteiger partial charge in [-0.15, -0.1) is 0 Å². The highest BCUT2D eigenvalue weighted by atomic mass is 79.9. The molecule has 88 valence electrons.